The van der Waals surface area contributed by atoms with Crippen LogP contribution in [0.2, 0.25) is 0 Å². The first-order valence-corrected chi connectivity index (χ1v) is 6.43. The zero-order valence-electron chi connectivity index (χ0n) is 11.7. The Balaban J connectivity index is 2.72. The third-order valence-electron chi connectivity index (χ3n) is 2.61. The molecule has 1 N–H and O–H groups in total. The second-order valence-electron chi connectivity index (χ2n) is 4.75. The van der Waals surface area contributed by atoms with Gasteiger partial charge in [0, 0.05) is 12.1 Å². The Morgan fingerprint density at radius 3 is 2.57 bits per heavy atom. The largest absolute Gasteiger partial charge is 0.487 e. The average Bonchev–Trinajstić information content (AvgIpc) is 2.36. The lowest BCUT2D eigenvalue weighted by Gasteiger charge is -2.11. The SMILES string of the molecule is CC(C)NCCCOc1ccc(C(F)(F)F)cc1[N+](=O)[O-]. The van der Waals surface area contributed by atoms with E-state index in [0.717, 1.165) is 12.1 Å². The van der Waals surface area contributed by atoms with Gasteiger partial charge in [-0.15, -0.1) is 0 Å². The molecule has 0 fully saturated rings. The number of benzene rings is 1. The molecule has 0 aliphatic carbocycles. The lowest BCUT2D eigenvalue weighted by molar-refractivity contribution is -0.386. The van der Waals surface area contributed by atoms with Crippen molar-refractivity contribution in [2.24, 2.45) is 0 Å². The molecule has 0 radical (unpaired) electrons. The summed E-state index contributed by atoms with van der Waals surface area (Å²) in [5, 5.41) is 14.0. The summed E-state index contributed by atoms with van der Waals surface area (Å²) in [6.07, 6.45) is -4.03. The van der Waals surface area contributed by atoms with Crippen molar-refractivity contribution < 1.29 is 22.8 Å². The third-order valence-corrected chi connectivity index (χ3v) is 2.61. The molecule has 1 aromatic carbocycles. The van der Waals surface area contributed by atoms with Gasteiger partial charge in [0.2, 0.25) is 0 Å². The summed E-state index contributed by atoms with van der Waals surface area (Å²) in [4.78, 5) is 9.95. The van der Waals surface area contributed by atoms with Crippen molar-refractivity contribution in [2.45, 2.75) is 32.5 Å². The number of hydrogen-bond donors (Lipinski definition) is 1. The van der Waals surface area contributed by atoms with Crippen LogP contribution < -0.4 is 10.1 Å². The normalized spacial score (nSPS) is 11.7. The highest BCUT2D eigenvalue weighted by atomic mass is 19.4. The summed E-state index contributed by atoms with van der Waals surface area (Å²) >= 11 is 0. The summed E-state index contributed by atoms with van der Waals surface area (Å²) in [5.74, 6) is -0.155. The van der Waals surface area contributed by atoms with Crippen LogP contribution in [0.15, 0.2) is 18.2 Å². The summed E-state index contributed by atoms with van der Waals surface area (Å²) in [7, 11) is 0. The number of nitro benzene ring substituents is 1. The number of rotatable bonds is 7. The average molecular weight is 306 g/mol. The van der Waals surface area contributed by atoms with Gasteiger partial charge in [-0.25, -0.2) is 0 Å². The Labute approximate surface area is 120 Å². The van der Waals surface area contributed by atoms with Gasteiger partial charge in [0.05, 0.1) is 17.1 Å². The van der Waals surface area contributed by atoms with Gasteiger partial charge in [-0.1, -0.05) is 13.8 Å². The molecule has 0 aromatic heterocycles. The number of nitro groups is 1. The number of ether oxygens (including phenoxy) is 1. The molecule has 21 heavy (non-hydrogen) atoms. The second-order valence-corrected chi connectivity index (χ2v) is 4.75. The van der Waals surface area contributed by atoms with Crippen LogP contribution in [0.25, 0.3) is 0 Å². The Bertz CT molecular complexity index is 490. The molecule has 0 bridgehead atoms. The highest BCUT2D eigenvalue weighted by Crippen LogP contribution is 2.35. The van der Waals surface area contributed by atoms with Crippen LogP contribution in [0, 0.1) is 10.1 Å². The van der Waals surface area contributed by atoms with Gasteiger partial charge in [0.25, 0.3) is 0 Å². The van der Waals surface area contributed by atoms with Crippen molar-refractivity contribution in [3.63, 3.8) is 0 Å². The van der Waals surface area contributed by atoms with Crippen LogP contribution in [-0.4, -0.2) is 24.1 Å². The van der Waals surface area contributed by atoms with E-state index >= 15 is 0 Å². The summed E-state index contributed by atoms with van der Waals surface area (Å²) in [6, 6.07) is 2.55. The van der Waals surface area contributed by atoms with Crippen molar-refractivity contribution in [3.8, 4) is 5.75 Å². The van der Waals surface area contributed by atoms with E-state index in [2.05, 4.69) is 5.32 Å². The first kappa shape index (κ1) is 17.2. The van der Waals surface area contributed by atoms with Crippen molar-refractivity contribution >= 4 is 5.69 Å². The molecule has 0 saturated heterocycles. The smallest absolute Gasteiger partial charge is 0.416 e. The van der Waals surface area contributed by atoms with Crippen LogP contribution in [0.5, 0.6) is 5.75 Å². The maximum atomic E-state index is 12.5. The minimum Gasteiger partial charge on any atom is -0.487 e. The van der Waals surface area contributed by atoms with E-state index in [-0.39, 0.29) is 12.4 Å². The van der Waals surface area contributed by atoms with E-state index < -0.39 is 22.4 Å². The highest BCUT2D eigenvalue weighted by Gasteiger charge is 2.33. The quantitative estimate of drug-likeness (QED) is 0.476. The fraction of sp³-hybridized carbons (Fsp3) is 0.538. The Hall–Kier alpha value is -1.83. The molecule has 0 unspecified atom stereocenters. The van der Waals surface area contributed by atoms with Gasteiger partial charge in [-0.05, 0) is 25.1 Å². The zero-order valence-corrected chi connectivity index (χ0v) is 11.7. The molecule has 0 amide bonds. The molecule has 5 nitrogen and oxygen atoms in total. The lowest BCUT2D eigenvalue weighted by atomic mass is 10.2. The maximum absolute atomic E-state index is 12.5. The number of nitrogens with zero attached hydrogens (tertiary/aromatic N) is 1. The molecular weight excluding hydrogens is 289 g/mol. The summed E-state index contributed by atoms with van der Waals surface area (Å²) in [5.41, 5.74) is -1.75. The van der Waals surface area contributed by atoms with E-state index in [4.69, 9.17) is 4.74 Å². The maximum Gasteiger partial charge on any atom is 0.416 e. The van der Waals surface area contributed by atoms with E-state index in [1.807, 2.05) is 13.8 Å². The molecule has 8 heteroatoms. The molecule has 0 saturated carbocycles. The Morgan fingerprint density at radius 2 is 2.05 bits per heavy atom. The van der Waals surface area contributed by atoms with Crippen molar-refractivity contribution in [3.05, 3.63) is 33.9 Å². The molecule has 0 aliphatic heterocycles. The monoisotopic (exact) mass is 306 g/mol. The molecule has 118 valence electrons. The van der Waals surface area contributed by atoms with Crippen LogP contribution in [0.1, 0.15) is 25.8 Å². The van der Waals surface area contributed by atoms with E-state index in [9.17, 15) is 23.3 Å². The van der Waals surface area contributed by atoms with Crippen molar-refractivity contribution in [1.29, 1.82) is 0 Å². The van der Waals surface area contributed by atoms with E-state index in [1.165, 1.54) is 0 Å². The van der Waals surface area contributed by atoms with Crippen LogP contribution in [-0.2, 0) is 6.18 Å². The van der Waals surface area contributed by atoms with Gasteiger partial charge >= 0.3 is 11.9 Å². The second kappa shape index (κ2) is 7.26. The van der Waals surface area contributed by atoms with E-state index in [1.54, 1.807) is 0 Å². The van der Waals surface area contributed by atoms with Crippen molar-refractivity contribution in [2.75, 3.05) is 13.2 Å². The molecule has 0 heterocycles. The zero-order chi connectivity index (χ0) is 16.0. The van der Waals surface area contributed by atoms with Gasteiger partial charge in [0.1, 0.15) is 0 Å². The summed E-state index contributed by atoms with van der Waals surface area (Å²) < 4.78 is 42.8. The third kappa shape index (κ3) is 5.58. The summed E-state index contributed by atoms with van der Waals surface area (Å²) in [6.45, 7) is 4.79. The first-order valence-electron chi connectivity index (χ1n) is 6.43. The van der Waals surface area contributed by atoms with Gasteiger partial charge in [-0.3, -0.25) is 10.1 Å². The van der Waals surface area contributed by atoms with E-state index in [0.29, 0.717) is 25.1 Å². The predicted octanol–water partition coefficient (Wildman–Crippen LogP) is 3.38. The topological polar surface area (TPSA) is 64.4 Å². The van der Waals surface area contributed by atoms with Crippen molar-refractivity contribution in [1.82, 2.24) is 5.32 Å². The van der Waals surface area contributed by atoms with Gasteiger partial charge < -0.3 is 10.1 Å². The minimum atomic E-state index is -4.62. The highest BCUT2D eigenvalue weighted by molar-refractivity contribution is 5.49. The fourth-order valence-corrected chi connectivity index (χ4v) is 1.60. The molecule has 1 rings (SSSR count). The fourth-order valence-electron chi connectivity index (χ4n) is 1.60. The molecular formula is C13H17F3N2O3. The standard InChI is InChI=1S/C13H17F3N2O3/c1-9(2)17-6-3-7-21-12-5-4-10(13(14,15)16)8-11(12)18(19)20/h4-5,8-9,17H,3,6-7H2,1-2H3. The minimum absolute atomic E-state index is 0.155. The number of nitrogens with one attached hydrogen (secondary N) is 1. The van der Waals surface area contributed by atoms with Gasteiger partial charge in [-0.2, -0.15) is 13.2 Å². The Morgan fingerprint density at radius 1 is 1.38 bits per heavy atom. The number of hydrogen-bond acceptors (Lipinski definition) is 4. The molecule has 1 aromatic rings. The Kier molecular flexibility index (Phi) is 5.95. The predicted molar refractivity (Wildman–Crippen MR) is 71.3 cm³/mol. The number of halogens is 3. The van der Waals surface area contributed by atoms with Crippen LogP contribution >= 0.6 is 0 Å². The van der Waals surface area contributed by atoms with Crippen LogP contribution in [0.4, 0.5) is 18.9 Å². The molecule has 0 spiro atoms. The molecule has 0 aliphatic rings. The van der Waals surface area contributed by atoms with Crippen LogP contribution in [0.3, 0.4) is 0 Å². The number of alkyl halides is 3. The molecule has 0 atom stereocenters. The first-order chi connectivity index (χ1) is 9.71. The lowest BCUT2D eigenvalue weighted by Crippen LogP contribution is -2.24. The van der Waals surface area contributed by atoms with Gasteiger partial charge in [0.15, 0.2) is 5.75 Å².